The van der Waals surface area contributed by atoms with Crippen LogP contribution in [0.5, 0.6) is 11.5 Å². The molecular formula is C20H17F5O3. The highest BCUT2D eigenvalue weighted by Gasteiger charge is 2.28. The molecule has 8 heteroatoms. The molecule has 1 unspecified atom stereocenters. The molecule has 0 N–H and O–H groups in total. The first-order chi connectivity index (χ1) is 13.3. The topological polar surface area (TPSA) is 35.5 Å². The second kappa shape index (κ2) is 9.34. The van der Waals surface area contributed by atoms with Gasteiger partial charge in [-0.3, -0.25) is 0 Å². The summed E-state index contributed by atoms with van der Waals surface area (Å²) in [7, 11) is 0. The van der Waals surface area contributed by atoms with Gasteiger partial charge in [-0.05, 0) is 30.2 Å². The Labute approximate surface area is 158 Å². The summed E-state index contributed by atoms with van der Waals surface area (Å²) in [4.78, 5) is 12.0. The minimum atomic E-state index is -2.33. The number of carbonyl (C=O) groups is 1. The molecule has 0 amide bonds. The molecule has 0 saturated carbocycles. The van der Waals surface area contributed by atoms with Crippen LogP contribution in [0.1, 0.15) is 30.6 Å². The molecule has 0 fully saturated rings. The summed E-state index contributed by atoms with van der Waals surface area (Å²) in [6.45, 7) is 4.42. The van der Waals surface area contributed by atoms with E-state index in [1.165, 1.54) is 24.3 Å². The van der Waals surface area contributed by atoms with Gasteiger partial charge in [0.1, 0.15) is 12.4 Å². The van der Waals surface area contributed by atoms with Crippen molar-refractivity contribution in [1.29, 1.82) is 0 Å². The van der Waals surface area contributed by atoms with Gasteiger partial charge in [0.15, 0.2) is 0 Å². The first kappa shape index (κ1) is 21.4. The summed E-state index contributed by atoms with van der Waals surface area (Å²) in [6, 6.07) is 5.29. The highest BCUT2D eigenvalue weighted by molar-refractivity contribution is 5.91. The van der Waals surface area contributed by atoms with Gasteiger partial charge in [-0.1, -0.05) is 32.4 Å². The fourth-order valence-electron chi connectivity index (χ4n) is 2.08. The van der Waals surface area contributed by atoms with E-state index in [0.29, 0.717) is 18.3 Å². The molecule has 3 nitrogen and oxygen atoms in total. The Hall–Kier alpha value is -2.90. The monoisotopic (exact) mass is 400 g/mol. The van der Waals surface area contributed by atoms with Crippen LogP contribution in [-0.2, 0) is 0 Å². The Morgan fingerprint density at radius 3 is 2.04 bits per heavy atom. The maximum atomic E-state index is 13.6. The van der Waals surface area contributed by atoms with E-state index < -0.39 is 40.8 Å². The molecule has 2 rings (SSSR count). The van der Waals surface area contributed by atoms with Gasteiger partial charge in [-0.15, -0.1) is 0 Å². The van der Waals surface area contributed by atoms with Crippen LogP contribution in [-0.4, -0.2) is 12.6 Å². The third kappa shape index (κ3) is 4.88. The number of hydrogen-bond donors (Lipinski definition) is 0. The van der Waals surface area contributed by atoms with Crippen LogP contribution in [0.4, 0.5) is 22.0 Å². The van der Waals surface area contributed by atoms with Gasteiger partial charge in [-0.2, -0.15) is 8.78 Å². The maximum Gasteiger partial charge on any atom is 0.343 e. The average molecular weight is 400 g/mol. The normalized spacial score (nSPS) is 12.2. The average Bonchev–Trinajstić information content (AvgIpc) is 2.71. The molecule has 2 aromatic carbocycles. The number of halogens is 5. The summed E-state index contributed by atoms with van der Waals surface area (Å²) in [5.74, 6) is -13.3. The maximum absolute atomic E-state index is 13.6. The van der Waals surface area contributed by atoms with Crippen LogP contribution >= 0.6 is 0 Å². The molecule has 0 saturated heterocycles. The molecule has 0 aliphatic carbocycles. The lowest BCUT2D eigenvalue weighted by Crippen LogP contribution is -2.13. The molecular weight excluding hydrogens is 383 g/mol. The van der Waals surface area contributed by atoms with Crippen molar-refractivity contribution in [3.63, 3.8) is 0 Å². The van der Waals surface area contributed by atoms with Gasteiger partial charge < -0.3 is 9.47 Å². The van der Waals surface area contributed by atoms with Crippen LogP contribution in [0.2, 0.25) is 0 Å². The zero-order chi connectivity index (χ0) is 20.8. The van der Waals surface area contributed by atoms with Crippen molar-refractivity contribution < 1.29 is 36.2 Å². The molecule has 0 heterocycles. The molecule has 0 aliphatic rings. The van der Waals surface area contributed by atoms with Crippen LogP contribution < -0.4 is 9.47 Å². The lowest BCUT2D eigenvalue weighted by Gasteiger charge is -2.09. The number of ether oxygens (including phenoxy) is 2. The van der Waals surface area contributed by atoms with Crippen molar-refractivity contribution in [3.05, 3.63) is 71.1 Å². The Morgan fingerprint density at radius 1 is 0.964 bits per heavy atom. The van der Waals surface area contributed by atoms with Crippen molar-refractivity contribution in [2.45, 2.75) is 20.3 Å². The van der Waals surface area contributed by atoms with Gasteiger partial charge in [0.25, 0.3) is 0 Å². The standard InChI is InChI=1S/C20H17F5O3/c1-3-11(2)5-4-10-27-13-8-6-12(7-9-13)20(26)28-19-17(24)15(22)14(21)16(23)18(19)25/h4-9,11H,3,10H2,1-2H3/b5-4+. The molecule has 0 spiro atoms. The fourth-order valence-corrected chi connectivity index (χ4v) is 2.08. The quantitative estimate of drug-likeness (QED) is 0.152. The van der Waals surface area contributed by atoms with E-state index in [4.69, 9.17) is 4.74 Å². The number of carbonyl (C=O) groups excluding carboxylic acids is 1. The Kier molecular flexibility index (Phi) is 7.14. The van der Waals surface area contributed by atoms with Crippen molar-refractivity contribution in [1.82, 2.24) is 0 Å². The smallest absolute Gasteiger partial charge is 0.343 e. The summed E-state index contributed by atoms with van der Waals surface area (Å²) in [6.07, 6.45) is 4.84. The zero-order valence-corrected chi connectivity index (χ0v) is 15.1. The first-order valence-corrected chi connectivity index (χ1v) is 8.39. The van der Waals surface area contributed by atoms with Crippen molar-refractivity contribution in [3.8, 4) is 11.5 Å². The van der Waals surface area contributed by atoms with Crippen molar-refractivity contribution in [2.75, 3.05) is 6.61 Å². The molecule has 2 aromatic rings. The Balaban J connectivity index is 2.07. The van der Waals surface area contributed by atoms with Gasteiger partial charge in [-0.25, -0.2) is 18.0 Å². The minimum Gasteiger partial charge on any atom is -0.490 e. The van der Waals surface area contributed by atoms with Crippen LogP contribution in [0.15, 0.2) is 36.4 Å². The third-order valence-corrected chi connectivity index (χ3v) is 3.91. The van der Waals surface area contributed by atoms with E-state index in [2.05, 4.69) is 18.6 Å². The minimum absolute atomic E-state index is 0.161. The van der Waals surface area contributed by atoms with E-state index in [1.54, 1.807) is 0 Å². The van der Waals surface area contributed by atoms with Crippen LogP contribution in [0.25, 0.3) is 0 Å². The summed E-state index contributed by atoms with van der Waals surface area (Å²) in [5, 5.41) is 0. The first-order valence-electron chi connectivity index (χ1n) is 8.39. The molecule has 0 radical (unpaired) electrons. The van der Waals surface area contributed by atoms with Crippen molar-refractivity contribution >= 4 is 5.97 Å². The number of hydrogen-bond acceptors (Lipinski definition) is 3. The van der Waals surface area contributed by atoms with E-state index in [-0.39, 0.29) is 5.56 Å². The lowest BCUT2D eigenvalue weighted by atomic mass is 10.1. The predicted molar refractivity (Wildman–Crippen MR) is 91.7 cm³/mol. The fraction of sp³-hybridized carbons (Fsp3) is 0.250. The van der Waals surface area contributed by atoms with E-state index in [9.17, 15) is 26.7 Å². The van der Waals surface area contributed by atoms with Crippen molar-refractivity contribution in [2.24, 2.45) is 5.92 Å². The van der Waals surface area contributed by atoms with E-state index in [1.807, 2.05) is 12.2 Å². The van der Waals surface area contributed by atoms with Gasteiger partial charge in [0, 0.05) is 0 Å². The van der Waals surface area contributed by atoms with Gasteiger partial charge in [0.05, 0.1) is 5.56 Å². The number of allylic oxidation sites excluding steroid dienone is 1. The highest BCUT2D eigenvalue weighted by Crippen LogP contribution is 2.29. The largest absolute Gasteiger partial charge is 0.490 e. The van der Waals surface area contributed by atoms with E-state index in [0.717, 1.165) is 6.42 Å². The highest BCUT2D eigenvalue weighted by atomic mass is 19.2. The third-order valence-electron chi connectivity index (χ3n) is 3.91. The molecule has 28 heavy (non-hydrogen) atoms. The van der Waals surface area contributed by atoms with E-state index >= 15 is 0 Å². The van der Waals surface area contributed by atoms with Crippen LogP contribution in [0, 0.1) is 35.0 Å². The van der Waals surface area contributed by atoms with Crippen LogP contribution in [0.3, 0.4) is 0 Å². The zero-order valence-electron chi connectivity index (χ0n) is 15.1. The molecule has 1 atom stereocenters. The summed E-state index contributed by atoms with van der Waals surface area (Å²) >= 11 is 0. The SMILES string of the molecule is CCC(C)/C=C/COc1ccc(C(=O)Oc2c(F)c(F)c(F)c(F)c2F)cc1. The summed E-state index contributed by atoms with van der Waals surface area (Å²) < 4.78 is 76.3. The van der Waals surface area contributed by atoms with Gasteiger partial charge in [0.2, 0.25) is 34.8 Å². The number of benzene rings is 2. The second-order valence-corrected chi connectivity index (χ2v) is 5.94. The molecule has 150 valence electrons. The lowest BCUT2D eigenvalue weighted by molar-refractivity contribution is 0.0716. The Morgan fingerprint density at radius 2 is 1.50 bits per heavy atom. The summed E-state index contributed by atoms with van der Waals surface area (Å²) in [5.41, 5.74) is -0.161. The molecule has 0 aliphatic heterocycles. The van der Waals surface area contributed by atoms with Gasteiger partial charge >= 0.3 is 5.97 Å². The molecule has 0 aromatic heterocycles. The predicted octanol–water partition coefficient (Wildman–Crippen LogP) is 5.58. The second-order valence-electron chi connectivity index (χ2n) is 5.94. The Bertz CT molecular complexity index is 849. The number of rotatable bonds is 7. The molecule has 0 bridgehead atoms. The number of esters is 1.